The number of ether oxygens (including phenoxy) is 1. The first kappa shape index (κ1) is 22.2. The average molecular weight is 410 g/mol. The first-order valence-electron chi connectivity index (χ1n) is 10.9. The fourth-order valence-electron chi connectivity index (χ4n) is 3.72. The summed E-state index contributed by atoms with van der Waals surface area (Å²) in [6, 6.07) is 16.9. The number of rotatable bonds is 7. The van der Waals surface area contributed by atoms with Gasteiger partial charge in [-0.25, -0.2) is 4.79 Å². The molecule has 1 aliphatic heterocycles. The normalized spacial score (nSPS) is 15.8. The van der Waals surface area contributed by atoms with Crippen LogP contribution in [-0.4, -0.2) is 61.2 Å². The highest BCUT2D eigenvalue weighted by Gasteiger charge is 2.22. The summed E-state index contributed by atoms with van der Waals surface area (Å²) >= 11 is 0. The van der Waals surface area contributed by atoms with Crippen LogP contribution in [-0.2, 0) is 12.8 Å². The fourth-order valence-corrected chi connectivity index (χ4v) is 3.72. The molecule has 30 heavy (non-hydrogen) atoms. The molecule has 1 unspecified atom stereocenters. The summed E-state index contributed by atoms with van der Waals surface area (Å²) in [7, 11) is 2.10. The molecule has 1 atom stereocenters. The second kappa shape index (κ2) is 10.5. The lowest BCUT2D eigenvalue weighted by atomic mass is 9.98. The van der Waals surface area contributed by atoms with Gasteiger partial charge < -0.3 is 19.9 Å². The highest BCUT2D eigenvalue weighted by molar-refractivity contribution is 5.74. The molecular formula is C25H35N3O2. The Labute approximate surface area is 181 Å². The van der Waals surface area contributed by atoms with E-state index in [0.717, 1.165) is 44.8 Å². The number of likely N-dealkylation sites (N-methyl/N-ethyl adjacent to an activating group) is 1. The molecule has 162 valence electrons. The summed E-state index contributed by atoms with van der Waals surface area (Å²) < 4.78 is 5.75. The van der Waals surface area contributed by atoms with E-state index in [9.17, 15) is 4.79 Å². The molecule has 1 aliphatic rings. The van der Waals surface area contributed by atoms with Gasteiger partial charge in [0.25, 0.3) is 0 Å². The SMILES string of the molecule is Cc1ccc(CC(Cc2ccc(OC(C)C)cc2)NC(=O)N2CCN(C)CC2)cc1. The third kappa shape index (κ3) is 6.77. The summed E-state index contributed by atoms with van der Waals surface area (Å²) in [4.78, 5) is 17.1. The van der Waals surface area contributed by atoms with Crippen molar-refractivity contribution in [2.45, 2.75) is 45.8 Å². The Hall–Kier alpha value is -2.53. The minimum Gasteiger partial charge on any atom is -0.491 e. The van der Waals surface area contributed by atoms with E-state index >= 15 is 0 Å². The Morgan fingerprint density at radius 2 is 1.47 bits per heavy atom. The lowest BCUT2D eigenvalue weighted by Gasteiger charge is -2.33. The molecule has 1 fully saturated rings. The van der Waals surface area contributed by atoms with Crippen LogP contribution in [0, 0.1) is 6.92 Å². The number of nitrogens with zero attached hydrogens (tertiary/aromatic N) is 2. The van der Waals surface area contributed by atoms with Gasteiger partial charge in [0, 0.05) is 32.2 Å². The van der Waals surface area contributed by atoms with Crippen molar-refractivity contribution in [1.82, 2.24) is 15.1 Å². The molecular weight excluding hydrogens is 374 g/mol. The summed E-state index contributed by atoms with van der Waals surface area (Å²) in [6.45, 7) is 9.55. The van der Waals surface area contributed by atoms with E-state index in [4.69, 9.17) is 4.74 Å². The Bertz CT molecular complexity index is 794. The fraction of sp³-hybridized carbons (Fsp3) is 0.480. The number of carbonyl (C=O) groups is 1. The number of hydrogen-bond donors (Lipinski definition) is 1. The zero-order valence-electron chi connectivity index (χ0n) is 18.7. The van der Waals surface area contributed by atoms with Gasteiger partial charge in [0.05, 0.1) is 6.10 Å². The van der Waals surface area contributed by atoms with Crippen LogP contribution in [0.3, 0.4) is 0 Å². The summed E-state index contributed by atoms with van der Waals surface area (Å²) in [5, 5.41) is 3.30. The molecule has 1 saturated heterocycles. The van der Waals surface area contributed by atoms with Crippen molar-refractivity contribution in [1.29, 1.82) is 0 Å². The molecule has 2 aromatic rings. The first-order valence-corrected chi connectivity index (χ1v) is 10.9. The van der Waals surface area contributed by atoms with Crippen molar-refractivity contribution in [3.63, 3.8) is 0 Å². The van der Waals surface area contributed by atoms with Crippen LogP contribution < -0.4 is 10.1 Å². The molecule has 0 aliphatic carbocycles. The summed E-state index contributed by atoms with van der Waals surface area (Å²) in [5.41, 5.74) is 3.68. The van der Waals surface area contributed by atoms with Crippen molar-refractivity contribution in [3.8, 4) is 5.75 Å². The van der Waals surface area contributed by atoms with Gasteiger partial charge in [0.15, 0.2) is 0 Å². The van der Waals surface area contributed by atoms with Gasteiger partial charge >= 0.3 is 6.03 Å². The van der Waals surface area contributed by atoms with Crippen LogP contribution in [0.15, 0.2) is 48.5 Å². The predicted octanol–water partition coefficient (Wildman–Crippen LogP) is 3.89. The lowest BCUT2D eigenvalue weighted by molar-refractivity contribution is 0.151. The third-order valence-corrected chi connectivity index (χ3v) is 5.50. The molecule has 1 N–H and O–H groups in total. The molecule has 1 heterocycles. The van der Waals surface area contributed by atoms with Gasteiger partial charge in [-0.3, -0.25) is 0 Å². The van der Waals surface area contributed by atoms with Gasteiger partial charge in [0.2, 0.25) is 0 Å². The summed E-state index contributed by atoms with van der Waals surface area (Å²) in [6.07, 6.45) is 1.76. The monoisotopic (exact) mass is 409 g/mol. The Balaban J connectivity index is 1.68. The van der Waals surface area contributed by atoms with Gasteiger partial charge in [-0.2, -0.15) is 0 Å². The van der Waals surface area contributed by atoms with Crippen molar-refractivity contribution in [3.05, 3.63) is 65.2 Å². The largest absolute Gasteiger partial charge is 0.491 e. The second-order valence-electron chi connectivity index (χ2n) is 8.64. The number of nitrogens with one attached hydrogen (secondary N) is 1. The van der Waals surface area contributed by atoms with E-state index in [0.29, 0.717) is 0 Å². The molecule has 0 aromatic heterocycles. The number of urea groups is 1. The van der Waals surface area contributed by atoms with E-state index in [2.05, 4.69) is 60.6 Å². The third-order valence-electron chi connectivity index (χ3n) is 5.50. The zero-order valence-corrected chi connectivity index (χ0v) is 18.7. The Morgan fingerprint density at radius 1 is 0.933 bits per heavy atom. The van der Waals surface area contributed by atoms with Crippen molar-refractivity contribution in [2.75, 3.05) is 33.2 Å². The van der Waals surface area contributed by atoms with Crippen LogP contribution in [0.4, 0.5) is 4.79 Å². The van der Waals surface area contributed by atoms with Crippen LogP contribution >= 0.6 is 0 Å². The maximum atomic E-state index is 12.9. The standard InChI is InChI=1S/C25H35N3O2/c1-19(2)30-24-11-9-22(10-12-24)18-23(17-21-7-5-20(3)6-8-21)26-25(29)28-15-13-27(4)14-16-28/h5-12,19,23H,13-18H2,1-4H3,(H,26,29). The van der Waals surface area contributed by atoms with Crippen LogP contribution in [0.25, 0.3) is 0 Å². The molecule has 0 radical (unpaired) electrons. The van der Waals surface area contributed by atoms with Crippen molar-refractivity contribution >= 4 is 6.03 Å². The van der Waals surface area contributed by atoms with Crippen LogP contribution in [0.2, 0.25) is 0 Å². The molecule has 2 amide bonds. The predicted molar refractivity (Wildman–Crippen MR) is 122 cm³/mol. The zero-order chi connectivity index (χ0) is 21.5. The molecule has 0 bridgehead atoms. The quantitative estimate of drug-likeness (QED) is 0.755. The molecule has 0 saturated carbocycles. The van der Waals surface area contributed by atoms with E-state index in [-0.39, 0.29) is 18.2 Å². The number of benzene rings is 2. The minimum absolute atomic E-state index is 0.0386. The number of hydrogen-bond acceptors (Lipinski definition) is 3. The highest BCUT2D eigenvalue weighted by atomic mass is 16.5. The second-order valence-corrected chi connectivity index (χ2v) is 8.64. The van der Waals surface area contributed by atoms with Gasteiger partial charge in [-0.15, -0.1) is 0 Å². The van der Waals surface area contributed by atoms with E-state index in [1.807, 2.05) is 30.9 Å². The Morgan fingerprint density at radius 3 is 2.00 bits per heavy atom. The number of aryl methyl sites for hydroxylation is 1. The number of carbonyl (C=O) groups excluding carboxylic acids is 1. The smallest absolute Gasteiger partial charge is 0.317 e. The van der Waals surface area contributed by atoms with Gasteiger partial charge in [-0.05, 0) is 63.9 Å². The highest BCUT2D eigenvalue weighted by Crippen LogP contribution is 2.17. The minimum atomic E-state index is 0.0386. The molecule has 3 rings (SSSR count). The van der Waals surface area contributed by atoms with Crippen molar-refractivity contribution in [2.24, 2.45) is 0 Å². The number of piperazine rings is 1. The maximum absolute atomic E-state index is 12.9. The van der Waals surface area contributed by atoms with Crippen LogP contribution in [0.1, 0.15) is 30.5 Å². The first-order chi connectivity index (χ1) is 14.4. The Kier molecular flexibility index (Phi) is 7.75. The molecule has 0 spiro atoms. The van der Waals surface area contributed by atoms with Gasteiger partial charge in [0.1, 0.15) is 5.75 Å². The summed E-state index contributed by atoms with van der Waals surface area (Å²) in [5.74, 6) is 0.880. The average Bonchev–Trinajstić information content (AvgIpc) is 2.71. The van der Waals surface area contributed by atoms with Crippen LogP contribution in [0.5, 0.6) is 5.75 Å². The topological polar surface area (TPSA) is 44.8 Å². The number of amides is 2. The van der Waals surface area contributed by atoms with Crippen molar-refractivity contribution < 1.29 is 9.53 Å². The van der Waals surface area contributed by atoms with E-state index in [1.165, 1.54) is 16.7 Å². The molecule has 5 nitrogen and oxygen atoms in total. The van der Waals surface area contributed by atoms with Gasteiger partial charge in [-0.1, -0.05) is 42.0 Å². The lowest BCUT2D eigenvalue weighted by Crippen LogP contribution is -2.53. The molecule has 5 heteroatoms. The maximum Gasteiger partial charge on any atom is 0.317 e. The van der Waals surface area contributed by atoms with E-state index < -0.39 is 0 Å². The van der Waals surface area contributed by atoms with E-state index in [1.54, 1.807) is 0 Å². The molecule has 2 aromatic carbocycles.